The van der Waals surface area contributed by atoms with Gasteiger partial charge in [0.2, 0.25) is 5.91 Å². The van der Waals surface area contributed by atoms with Gasteiger partial charge >= 0.3 is 0 Å². The summed E-state index contributed by atoms with van der Waals surface area (Å²) in [4.78, 5) is 27.5. The van der Waals surface area contributed by atoms with Crippen molar-refractivity contribution in [2.45, 2.75) is 30.5 Å². The summed E-state index contributed by atoms with van der Waals surface area (Å²) in [6.45, 7) is 4.83. The number of halogens is 1. The Morgan fingerprint density at radius 2 is 1.74 bits per heavy atom. The van der Waals surface area contributed by atoms with Crippen molar-refractivity contribution in [1.82, 2.24) is 14.5 Å². The predicted octanol–water partition coefficient (Wildman–Crippen LogP) is 3.08. The first kappa shape index (κ1) is 23.7. The summed E-state index contributed by atoms with van der Waals surface area (Å²) in [5, 5.41) is 2.88. The van der Waals surface area contributed by atoms with Crippen molar-refractivity contribution in [3.8, 4) is 0 Å². The van der Waals surface area contributed by atoms with Crippen LogP contribution in [0.2, 0.25) is 4.34 Å². The quantitative estimate of drug-likeness (QED) is 0.655. The lowest BCUT2D eigenvalue weighted by molar-refractivity contribution is -0.135. The second-order valence-corrected chi connectivity index (χ2v) is 11.4. The summed E-state index contributed by atoms with van der Waals surface area (Å²) in [5.41, 5.74) is 0.495. The molecule has 7 nitrogen and oxygen atoms in total. The minimum absolute atomic E-state index is 0.0600. The molecule has 2 heterocycles. The number of carbonyl (C=O) groups excluding carboxylic acids is 2. The van der Waals surface area contributed by atoms with Gasteiger partial charge in [-0.1, -0.05) is 50.1 Å². The molecule has 1 aliphatic rings. The fraction of sp³-hybridized carbons (Fsp3) is 0.429. The molecule has 0 aliphatic carbocycles. The third-order valence-electron chi connectivity index (χ3n) is 5.49. The number of nitrogens with one attached hydrogen (secondary N) is 1. The molecule has 1 saturated heterocycles. The van der Waals surface area contributed by atoms with E-state index in [4.69, 9.17) is 11.6 Å². The van der Waals surface area contributed by atoms with Crippen LogP contribution in [-0.4, -0.2) is 61.7 Å². The fourth-order valence-electron chi connectivity index (χ4n) is 3.41. The fourth-order valence-corrected chi connectivity index (χ4v) is 6.47. The molecule has 1 aromatic carbocycles. The summed E-state index contributed by atoms with van der Waals surface area (Å²) < 4.78 is 27.6. The number of piperazine rings is 1. The molecule has 0 saturated carbocycles. The van der Waals surface area contributed by atoms with Crippen LogP contribution >= 0.6 is 22.9 Å². The highest BCUT2D eigenvalue weighted by Crippen LogP contribution is 2.28. The molecule has 31 heavy (non-hydrogen) atoms. The first-order valence-corrected chi connectivity index (χ1v) is 12.8. The Balaban J connectivity index is 1.67. The van der Waals surface area contributed by atoms with E-state index in [0.717, 1.165) is 17.8 Å². The maximum Gasteiger partial charge on any atom is 0.252 e. The van der Waals surface area contributed by atoms with Crippen LogP contribution in [0.5, 0.6) is 0 Å². The zero-order valence-electron chi connectivity index (χ0n) is 17.5. The van der Waals surface area contributed by atoms with Gasteiger partial charge in [-0.2, -0.15) is 4.31 Å². The van der Waals surface area contributed by atoms with Crippen molar-refractivity contribution in [2.75, 3.05) is 26.2 Å². The summed E-state index contributed by atoms with van der Waals surface area (Å²) in [6, 6.07) is 11.2. The minimum Gasteiger partial charge on any atom is -0.340 e. The number of benzene rings is 1. The Labute approximate surface area is 192 Å². The van der Waals surface area contributed by atoms with Gasteiger partial charge in [-0.25, -0.2) is 8.42 Å². The molecule has 0 bridgehead atoms. The number of carbonyl (C=O) groups is 2. The summed E-state index contributed by atoms with van der Waals surface area (Å²) in [6.07, 6.45) is 0.721. The van der Waals surface area contributed by atoms with Crippen molar-refractivity contribution in [3.63, 3.8) is 0 Å². The standard InChI is InChI=1S/C21H26ClN3O4S2/c1-3-15(2)19(23-20(26)16-7-5-4-6-8-16)21(27)24-11-13-25(14-12-24)31(28,29)18-10-9-17(22)30-18/h4-10,15,19H,3,11-14H2,1-2H3,(H,23,26)/t15-,19+/m0/s1. The highest BCUT2D eigenvalue weighted by atomic mass is 35.5. The predicted molar refractivity (Wildman–Crippen MR) is 122 cm³/mol. The molecule has 1 aromatic heterocycles. The lowest BCUT2D eigenvalue weighted by Crippen LogP contribution is -2.57. The zero-order chi connectivity index (χ0) is 22.6. The van der Waals surface area contributed by atoms with Crippen LogP contribution in [0.4, 0.5) is 0 Å². The van der Waals surface area contributed by atoms with Gasteiger partial charge in [0.05, 0.1) is 4.34 Å². The molecule has 168 valence electrons. The van der Waals surface area contributed by atoms with E-state index in [9.17, 15) is 18.0 Å². The Bertz CT molecular complexity index is 1020. The average molecular weight is 484 g/mol. The van der Waals surface area contributed by atoms with Crippen LogP contribution in [0.3, 0.4) is 0 Å². The molecule has 1 N–H and O–H groups in total. The molecule has 2 amide bonds. The van der Waals surface area contributed by atoms with Crippen molar-refractivity contribution in [2.24, 2.45) is 5.92 Å². The largest absolute Gasteiger partial charge is 0.340 e. The average Bonchev–Trinajstić information content (AvgIpc) is 3.24. The van der Waals surface area contributed by atoms with E-state index in [2.05, 4.69) is 5.32 Å². The van der Waals surface area contributed by atoms with Gasteiger partial charge in [-0.3, -0.25) is 9.59 Å². The highest BCUT2D eigenvalue weighted by molar-refractivity contribution is 7.91. The van der Waals surface area contributed by atoms with Crippen molar-refractivity contribution in [1.29, 1.82) is 0 Å². The second kappa shape index (κ2) is 10.1. The van der Waals surface area contributed by atoms with Crippen molar-refractivity contribution in [3.05, 3.63) is 52.4 Å². The summed E-state index contributed by atoms with van der Waals surface area (Å²) >= 11 is 6.90. The number of thiophene rings is 1. The van der Waals surface area contributed by atoms with Crippen LogP contribution in [0.15, 0.2) is 46.7 Å². The van der Waals surface area contributed by atoms with Crippen LogP contribution in [0.1, 0.15) is 30.6 Å². The summed E-state index contributed by atoms with van der Waals surface area (Å²) in [5.74, 6) is -0.542. The van der Waals surface area contributed by atoms with E-state index in [1.165, 1.54) is 10.4 Å². The van der Waals surface area contributed by atoms with Gasteiger partial charge in [0.1, 0.15) is 10.3 Å². The Hall–Kier alpha value is -1.94. The maximum absolute atomic E-state index is 13.2. The number of hydrogen-bond acceptors (Lipinski definition) is 5. The van der Waals surface area contributed by atoms with Crippen LogP contribution in [0.25, 0.3) is 0 Å². The zero-order valence-corrected chi connectivity index (χ0v) is 19.8. The number of sulfonamides is 1. The van der Waals surface area contributed by atoms with Crippen LogP contribution < -0.4 is 5.32 Å². The normalized spacial score (nSPS) is 17.2. The third kappa shape index (κ3) is 5.46. The smallest absolute Gasteiger partial charge is 0.252 e. The van der Waals surface area contributed by atoms with E-state index in [1.807, 2.05) is 19.9 Å². The minimum atomic E-state index is -3.63. The molecule has 0 spiro atoms. The van der Waals surface area contributed by atoms with Gasteiger partial charge in [0.25, 0.3) is 15.9 Å². The van der Waals surface area contributed by atoms with Gasteiger partial charge in [-0.15, -0.1) is 11.3 Å². The molecule has 0 unspecified atom stereocenters. The van der Waals surface area contributed by atoms with Crippen LogP contribution in [-0.2, 0) is 14.8 Å². The molecule has 1 aliphatic heterocycles. The van der Waals surface area contributed by atoms with Gasteiger partial charge in [0.15, 0.2) is 0 Å². The number of amides is 2. The molecule has 2 atom stereocenters. The first-order valence-electron chi connectivity index (χ1n) is 10.1. The van der Waals surface area contributed by atoms with E-state index < -0.39 is 16.1 Å². The van der Waals surface area contributed by atoms with Crippen molar-refractivity contribution >= 4 is 44.8 Å². The van der Waals surface area contributed by atoms with Gasteiger partial charge < -0.3 is 10.2 Å². The van der Waals surface area contributed by atoms with E-state index in [0.29, 0.717) is 9.90 Å². The topological polar surface area (TPSA) is 86.8 Å². The Morgan fingerprint density at radius 3 is 2.29 bits per heavy atom. The monoisotopic (exact) mass is 483 g/mol. The second-order valence-electron chi connectivity index (χ2n) is 7.49. The van der Waals surface area contributed by atoms with Crippen molar-refractivity contribution < 1.29 is 18.0 Å². The third-order valence-corrected chi connectivity index (χ3v) is 9.09. The van der Waals surface area contributed by atoms with E-state index in [1.54, 1.807) is 35.2 Å². The molecular formula is C21H26ClN3O4S2. The highest BCUT2D eigenvalue weighted by Gasteiger charge is 2.35. The molecule has 0 radical (unpaired) electrons. The van der Waals surface area contributed by atoms with Gasteiger partial charge in [0, 0.05) is 31.7 Å². The van der Waals surface area contributed by atoms with Crippen LogP contribution in [0, 0.1) is 5.92 Å². The lowest BCUT2D eigenvalue weighted by atomic mass is 9.97. The first-order chi connectivity index (χ1) is 14.7. The number of rotatable bonds is 7. The van der Waals surface area contributed by atoms with E-state index in [-0.39, 0.29) is 48.1 Å². The Kier molecular flexibility index (Phi) is 7.74. The molecule has 3 rings (SSSR count). The van der Waals surface area contributed by atoms with Gasteiger partial charge in [-0.05, 0) is 30.2 Å². The lowest BCUT2D eigenvalue weighted by Gasteiger charge is -2.36. The number of nitrogens with zero attached hydrogens (tertiary/aromatic N) is 2. The molecule has 10 heteroatoms. The maximum atomic E-state index is 13.2. The Morgan fingerprint density at radius 1 is 1.10 bits per heavy atom. The summed E-state index contributed by atoms with van der Waals surface area (Å²) in [7, 11) is -3.63. The molecular weight excluding hydrogens is 458 g/mol. The van der Waals surface area contributed by atoms with E-state index >= 15 is 0 Å². The number of hydrogen-bond donors (Lipinski definition) is 1. The molecule has 2 aromatic rings. The SMILES string of the molecule is CC[C@H](C)[C@@H](NC(=O)c1ccccc1)C(=O)N1CCN(S(=O)(=O)c2ccc(Cl)s2)CC1. The molecule has 1 fully saturated rings.